The molecule has 2 rings (SSSR count). The van der Waals surface area contributed by atoms with E-state index in [9.17, 15) is 0 Å². The third-order valence-corrected chi connectivity index (χ3v) is 3.40. The smallest absolute Gasteiger partial charge is 0.133 e. The van der Waals surface area contributed by atoms with E-state index in [0.717, 1.165) is 14.4 Å². The van der Waals surface area contributed by atoms with Crippen LogP contribution < -0.4 is 0 Å². The highest BCUT2D eigenvalue weighted by Gasteiger charge is 2.02. The minimum Gasteiger partial charge on any atom is -0.226 e. The maximum Gasteiger partial charge on any atom is 0.133 e. The zero-order chi connectivity index (χ0) is 11.5. The van der Waals surface area contributed by atoms with Gasteiger partial charge in [-0.1, -0.05) is 45.4 Å². The third kappa shape index (κ3) is 3.20. The monoisotopic (exact) mass is 314 g/mol. The number of halogens is 2. The van der Waals surface area contributed by atoms with Crippen LogP contribution >= 0.6 is 39.3 Å². The molecule has 82 valence electrons. The molecule has 0 bridgehead atoms. The molecule has 16 heavy (non-hydrogen) atoms. The number of aryl methyl sites for hydroxylation is 1. The Labute approximate surface area is 112 Å². The summed E-state index contributed by atoms with van der Waals surface area (Å²) in [6.45, 7) is 1.83. The van der Waals surface area contributed by atoms with E-state index < -0.39 is 0 Å². The molecule has 0 aliphatic heterocycles. The highest BCUT2D eigenvalue weighted by molar-refractivity contribution is 9.10. The first-order valence-electron chi connectivity index (χ1n) is 4.58. The van der Waals surface area contributed by atoms with Gasteiger partial charge < -0.3 is 0 Å². The van der Waals surface area contributed by atoms with E-state index >= 15 is 0 Å². The fraction of sp³-hybridized carbons (Fsp3) is 0.0909. The van der Waals surface area contributed by atoms with Crippen molar-refractivity contribution in [3.8, 4) is 0 Å². The van der Waals surface area contributed by atoms with E-state index in [0.29, 0.717) is 11.0 Å². The molecule has 2 nitrogen and oxygen atoms in total. The van der Waals surface area contributed by atoms with Crippen LogP contribution in [0, 0.1) is 6.92 Å². The molecular weight excluding hydrogens is 308 g/mol. The molecule has 0 aliphatic rings. The summed E-state index contributed by atoms with van der Waals surface area (Å²) in [6, 6.07) is 9.81. The standard InChI is InChI=1S/C11H8BrClN2S/c1-7-14-10(13)6-11(15-7)16-9-4-2-3-8(12)5-9/h2-6H,1H3. The van der Waals surface area contributed by atoms with Crippen molar-refractivity contribution in [3.63, 3.8) is 0 Å². The number of aromatic nitrogens is 2. The lowest BCUT2D eigenvalue weighted by atomic mass is 10.4. The molecule has 0 spiro atoms. The van der Waals surface area contributed by atoms with Crippen molar-refractivity contribution in [2.24, 2.45) is 0 Å². The van der Waals surface area contributed by atoms with Crippen LogP contribution in [0.1, 0.15) is 5.82 Å². The third-order valence-electron chi connectivity index (χ3n) is 1.80. The lowest BCUT2D eigenvalue weighted by molar-refractivity contribution is 0.968. The maximum absolute atomic E-state index is 5.87. The van der Waals surface area contributed by atoms with Gasteiger partial charge in [0.15, 0.2) is 0 Å². The van der Waals surface area contributed by atoms with Gasteiger partial charge in [0, 0.05) is 15.4 Å². The molecule has 0 saturated carbocycles. The summed E-state index contributed by atoms with van der Waals surface area (Å²) in [6.07, 6.45) is 0. The van der Waals surface area contributed by atoms with Gasteiger partial charge in [-0.15, -0.1) is 0 Å². The second-order valence-corrected chi connectivity index (χ2v) is 5.53. The van der Waals surface area contributed by atoms with Crippen molar-refractivity contribution in [2.45, 2.75) is 16.8 Å². The predicted molar refractivity (Wildman–Crippen MR) is 70.0 cm³/mol. The van der Waals surface area contributed by atoms with E-state index in [1.807, 2.05) is 31.2 Å². The van der Waals surface area contributed by atoms with Crippen molar-refractivity contribution in [1.29, 1.82) is 0 Å². The molecule has 0 atom stereocenters. The highest BCUT2D eigenvalue weighted by atomic mass is 79.9. The Morgan fingerprint density at radius 2 is 2.06 bits per heavy atom. The molecule has 2 aromatic rings. The summed E-state index contributed by atoms with van der Waals surface area (Å²) in [7, 11) is 0. The van der Waals surface area contributed by atoms with Crippen molar-refractivity contribution in [2.75, 3.05) is 0 Å². The largest absolute Gasteiger partial charge is 0.226 e. The number of hydrogen-bond acceptors (Lipinski definition) is 3. The maximum atomic E-state index is 5.87. The molecule has 0 N–H and O–H groups in total. The van der Waals surface area contributed by atoms with Crippen molar-refractivity contribution in [1.82, 2.24) is 9.97 Å². The SMILES string of the molecule is Cc1nc(Cl)cc(Sc2cccc(Br)c2)n1. The Hall–Kier alpha value is -0.580. The van der Waals surface area contributed by atoms with Gasteiger partial charge in [0.1, 0.15) is 16.0 Å². The Morgan fingerprint density at radius 1 is 1.25 bits per heavy atom. The Bertz CT molecular complexity index is 499. The van der Waals surface area contributed by atoms with Crippen LogP contribution in [-0.2, 0) is 0 Å². The van der Waals surface area contributed by atoms with Crippen LogP contribution in [-0.4, -0.2) is 9.97 Å². The Kier molecular flexibility index (Phi) is 3.84. The Morgan fingerprint density at radius 3 is 2.75 bits per heavy atom. The van der Waals surface area contributed by atoms with Crippen molar-refractivity contribution < 1.29 is 0 Å². The van der Waals surface area contributed by atoms with E-state index in [-0.39, 0.29) is 0 Å². The van der Waals surface area contributed by atoms with Gasteiger partial charge in [0.05, 0.1) is 0 Å². The molecule has 5 heteroatoms. The number of nitrogens with zero attached hydrogens (tertiary/aromatic N) is 2. The van der Waals surface area contributed by atoms with Gasteiger partial charge in [-0.05, 0) is 25.1 Å². The highest BCUT2D eigenvalue weighted by Crippen LogP contribution is 2.29. The average molecular weight is 316 g/mol. The zero-order valence-electron chi connectivity index (χ0n) is 8.45. The molecule has 0 unspecified atom stereocenters. The number of rotatable bonds is 2. The minimum absolute atomic E-state index is 0.477. The van der Waals surface area contributed by atoms with E-state index in [1.54, 1.807) is 17.8 Å². The molecule has 0 fully saturated rings. The lowest BCUT2D eigenvalue weighted by Gasteiger charge is -2.02. The summed E-state index contributed by atoms with van der Waals surface area (Å²) < 4.78 is 1.05. The number of hydrogen-bond donors (Lipinski definition) is 0. The lowest BCUT2D eigenvalue weighted by Crippen LogP contribution is -1.89. The first-order valence-corrected chi connectivity index (χ1v) is 6.57. The van der Waals surface area contributed by atoms with Crippen LogP contribution in [0.2, 0.25) is 5.15 Å². The fourth-order valence-corrected chi connectivity index (χ4v) is 2.97. The van der Waals surface area contributed by atoms with Gasteiger partial charge in [-0.3, -0.25) is 0 Å². The molecule has 0 saturated heterocycles. The first-order chi connectivity index (χ1) is 7.63. The summed E-state index contributed by atoms with van der Waals surface area (Å²) in [5.41, 5.74) is 0. The summed E-state index contributed by atoms with van der Waals surface area (Å²) in [5, 5.41) is 1.33. The number of benzene rings is 1. The zero-order valence-corrected chi connectivity index (χ0v) is 11.6. The average Bonchev–Trinajstić information content (AvgIpc) is 2.15. The minimum atomic E-state index is 0.477. The summed E-state index contributed by atoms with van der Waals surface area (Å²) in [5.74, 6) is 0.685. The fourth-order valence-electron chi connectivity index (χ4n) is 1.21. The van der Waals surface area contributed by atoms with E-state index in [4.69, 9.17) is 11.6 Å². The van der Waals surface area contributed by atoms with Crippen LogP contribution in [0.25, 0.3) is 0 Å². The Balaban J connectivity index is 2.27. The second kappa shape index (κ2) is 5.17. The van der Waals surface area contributed by atoms with Crippen LogP contribution in [0.4, 0.5) is 0 Å². The van der Waals surface area contributed by atoms with Crippen molar-refractivity contribution >= 4 is 39.3 Å². The molecule has 0 aliphatic carbocycles. The summed E-state index contributed by atoms with van der Waals surface area (Å²) >= 11 is 10.9. The predicted octanol–water partition coefficient (Wildman–Crippen LogP) is 4.35. The van der Waals surface area contributed by atoms with Gasteiger partial charge in [0.25, 0.3) is 0 Å². The van der Waals surface area contributed by atoms with Gasteiger partial charge in [-0.2, -0.15) is 0 Å². The first kappa shape index (κ1) is 11.9. The van der Waals surface area contributed by atoms with E-state index in [1.165, 1.54) is 0 Å². The van der Waals surface area contributed by atoms with Crippen LogP contribution in [0.3, 0.4) is 0 Å². The van der Waals surface area contributed by atoms with Gasteiger partial charge in [-0.25, -0.2) is 9.97 Å². The molecule has 1 aromatic carbocycles. The van der Waals surface area contributed by atoms with Crippen LogP contribution in [0.15, 0.2) is 44.7 Å². The topological polar surface area (TPSA) is 25.8 Å². The van der Waals surface area contributed by atoms with Gasteiger partial charge in [0.2, 0.25) is 0 Å². The molecule has 0 radical (unpaired) electrons. The van der Waals surface area contributed by atoms with Crippen LogP contribution in [0.5, 0.6) is 0 Å². The molecule has 0 amide bonds. The summed E-state index contributed by atoms with van der Waals surface area (Å²) in [4.78, 5) is 9.45. The molecule has 1 heterocycles. The second-order valence-electron chi connectivity index (χ2n) is 3.14. The molecule has 1 aromatic heterocycles. The quantitative estimate of drug-likeness (QED) is 0.770. The molecular formula is C11H8BrClN2S. The van der Waals surface area contributed by atoms with Gasteiger partial charge >= 0.3 is 0 Å². The van der Waals surface area contributed by atoms with Crippen molar-refractivity contribution in [3.05, 3.63) is 45.8 Å². The van der Waals surface area contributed by atoms with E-state index in [2.05, 4.69) is 25.9 Å². The normalized spacial score (nSPS) is 10.4.